The highest BCUT2D eigenvalue weighted by Gasteiger charge is 2.36. The zero-order chi connectivity index (χ0) is 11.8. The van der Waals surface area contributed by atoms with Gasteiger partial charge in [-0.1, -0.05) is 0 Å². The molecule has 0 saturated carbocycles. The minimum absolute atomic E-state index is 0.00231. The van der Waals surface area contributed by atoms with Crippen LogP contribution in [0, 0.1) is 0 Å². The van der Waals surface area contributed by atoms with E-state index in [4.69, 9.17) is 5.73 Å². The highest BCUT2D eigenvalue weighted by molar-refractivity contribution is 5.93. The Kier molecular flexibility index (Phi) is 2.58. The van der Waals surface area contributed by atoms with Crippen LogP contribution in [-0.4, -0.2) is 27.9 Å². The Morgan fingerprint density at radius 1 is 1.50 bits per heavy atom. The van der Waals surface area contributed by atoms with Crippen LogP contribution in [0.1, 0.15) is 37.2 Å². The van der Waals surface area contributed by atoms with Crippen molar-refractivity contribution in [1.82, 2.24) is 9.88 Å². The van der Waals surface area contributed by atoms with E-state index in [2.05, 4.69) is 18.8 Å². The van der Waals surface area contributed by atoms with Crippen molar-refractivity contribution in [2.75, 3.05) is 12.3 Å². The Balaban J connectivity index is 2.22. The smallest absolute Gasteiger partial charge is 0.272 e. The van der Waals surface area contributed by atoms with Gasteiger partial charge in [0.2, 0.25) is 0 Å². The molecule has 86 valence electrons. The molecule has 2 heterocycles. The summed E-state index contributed by atoms with van der Waals surface area (Å²) < 4.78 is 0. The van der Waals surface area contributed by atoms with E-state index in [-0.39, 0.29) is 11.4 Å². The fourth-order valence-electron chi connectivity index (χ4n) is 2.15. The van der Waals surface area contributed by atoms with Gasteiger partial charge in [0.05, 0.1) is 11.9 Å². The molecule has 0 bridgehead atoms. The van der Waals surface area contributed by atoms with E-state index in [0.717, 1.165) is 19.4 Å². The molecule has 0 spiro atoms. The Labute approximate surface area is 95.5 Å². The maximum atomic E-state index is 12.2. The van der Waals surface area contributed by atoms with Gasteiger partial charge in [0, 0.05) is 12.1 Å². The number of anilines is 1. The normalized spacial score (nSPS) is 18.8. The minimum Gasteiger partial charge on any atom is -0.397 e. The number of nitrogen functional groups attached to an aromatic ring is 1. The highest BCUT2D eigenvalue weighted by atomic mass is 16.2. The van der Waals surface area contributed by atoms with E-state index in [1.807, 2.05) is 4.90 Å². The molecule has 16 heavy (non-hydrogen) atoms. The minimum atomic E-state index is -0.0554. The molecule has 1 fully saturated rings. The Hall–Kier alpha value is -1.58. The van der Waals surface area contributed by atoms with Gasteiger partial charge in [0.25, 0.3) is 5.91 Å². The van der Waals surface area contributed by atoms with Gasteiger partial charge in [0.1, 0.15) is 5.69 Å². The summed E-state index contributed by atoms with van der Waals surface area (Å²) in [5.41, 5.74) is 6.55. The second-order valence-electron chi connectivity index (χ2n) is 4.85. The molecule has 1 amide bonds. The number of nitrogens with zero attached hydrogens (tertiary/aromatic N) is 2. The number of amides is 1. The van der Waals surface area contributed by atoms with Crippen molar-refractivity contribution >= 4 is 11.6 Å². The van der Waals surface area contributed by atoms with E-state index in [9.17, 15) is 4.79 Å². The lowest BCUT2D eigenvalue weighted by atomic mass is 10.0. The van der Waals surface area contributed by atoms with Gasteiger partial charge in [-0.2, -0.15) is 0 Å². The maximum absolute atomic E-state index is 12.2. The summed E-state index contributed by atoms with van der Waals surface area (Å²) in [6.45, 7) is 5.00. The first kappa shape index (κ1) is 10.9. The number of nitrogens with two attached hydrogens (primary N) is 1. The second-order valence-corrected chi connectivity index (χ2v) is 4.85. The molecule has 0 radical (unpaired) electrons. The topological polar surface area (TPSA) is 59.2 Å². The molecule has 0 unspecified atom stereocenters. The number of aromatic nitrogens is 1. The molecule has 2 rings (SSSR count). The first-order valence-electron chi connectivity index (χ1n) is 5.54. The van der Waals surface area contributed by atoms with E-state index in [1.165, 1.54) is 6.20 Å². The van der Waals surface area contributed by atoms with Crippen molar-refractivity contribution in [3.8, 4) is 0 Å². The fraction of sp³-hybridized carbons (Fsp3) is 0.500. The summed E-state index contributed by atoms with van der Waals surface area (Å²) in [5, 5.41) is 0. The third-order valence-corrected chi connectivity index (χ3v) is 3.15. The molecule has 0 atom stereocenters. The van der Waals surface area contributed by atoms with Gasteiger partial charge in [-0.15, -0.1) is 0 Å². The van der Waals surface area contributed by atoms with E-state index >= 15 is 0 Å². The lowest BCUT2D eigenvalue weighted by Crippen LogP contribution is -2.42. The van der Waals surface area contributed by atoms with Crippen LogP contribution >= 0.6 is 0 Å². The van der Waals surface area contributed by atoms with Crippen molar-refractivity contribution in [2.24, 2.45) is 0 Å². The van der Waals surface area contributed by atoms with E-state index in [1.54, 1.807) is 12.1 Å². The summed E-state index contributed by atoms with van der Waals surface area (Å²) in [6, 6.07) is 3.40. The Morgan fingerprint density at radius 2 is 2.25 bits per heavy atom. The summed E-state index contributed by atoms with van der Waals surface area (Å²) in [5.74, 6) is 0.00231. The first-order valence-corrected chi connectivity index (χ1v) is 5.54. The number of hydrogen-bond donors (Lipinski definition) is 1. The standard InChI is InChI=1S/C12H17N3O/c1-12(2)6-3-7-15(12)11(16)10-5-4-9(13)8-14-10/h4-5,8H,3,6-7,13H2,1-2H3. The van der Waals surface area contributed by atoms with Gasteiger partial charge < -0.3 is 10.6 Å². The number of likely N-dealkylation sites (tertiary alicyclic amines) is 1. The molecule has 4 nitrogen and oxygen atoms in total. The van der Waals surface area contributed by atoms with Gasteiger partial charge >= 0.3 is 0 Å². The summed E-state index contributed by atoms with van der Waals surface area (Å²) in [7, 11) is 0. The fourth-order valence-corrected chi connectivity index (χ4v) is 2.15. The van der Waals surface area contributed by atoms with Crippen molar-refractivity contribution in [3.63, 3.8) is 0 Å². The third kappa shape index (κ3) is 1.87. The van der Waals surface area contributed by atoms with Crippen LogP contribution in [0.4, 0.5) is 5.69 Å². The van der Waals surface area contributed by atoms with Gasteiger partial charge in [-0.25, -0.2) is 4.98 Å². The van der Waals surface area contributed by atoms with Crippen LogP contribution in [0.2, 0.25) is 0 Å². The summed E-state index contributed by atoms with van der Waals surface area (Å²) >= 11 is 0. The van der Waals surface area contributed by atoms with Crippen LogP contribution in [0.5, 0.6) is 0 Å². The molecule has 4 heteroatoms. The molecular weight excluding hydrogens is 202 g/mol. The lowest BCUT2D eigenvalue weighted by molar-refractivity contribution is 0.0646. The zero-order valence-corrected chi connectivity index (χ0v) is 9.73. The van der Waals surface area contributed by atoms with Gasteiger partial charge in [-0.05, 0) is 38.8 Å². The van der Waals surface area contributed by atoms with Crippen LogP contribution in [-0.2, 0) is 0 Å². The quantitative estimate of drug-likeness (QED) is 0.781. The van der Waals surface area contributed by atoms with Crippen molar-refractivity contribution < 1.29 is 4.79 Å². The predicted molar refractivity (Wildman–Crippen MR) is 63.0 cm³/mol. The lowest BCUT2D eigenvalue weighted by Gasteiger charge is -2.31. The molecule has 1 aromatic rings. The molecule has 1 aliphatic rings. The first-order chi connectivity index (χ1) is 7.50. The van der Waals surface area contributed by atoms with Crippen molar-refractivity contribution in [3.05, 3.63) is 24.0 Å². The molecule has 0 aliphatic carbocycles. The van der Waals surface area contributed by atoms with Gasteiger partial charge in [0.15, 0.2) is 0 Å². The van der Waals surface area contributed by atoms with Crippen LogP contribution in [0.15, 0.2) is 18.3 Å². The third-order valence-electron chi connectivity index (χ3n) is 3.15. The maximum Gasteiger partial charge on any atom is 0.272 e. The monoisotopic (exact) mass is 219 g/mol. The molecule has 2 N–H and O–H groups in total. The Bertz CT molecular complexity index is 397. The molecular formula is C12H17N3O. The predicted octanol–water partition coefficient (Wildman–Crippen LogP) is 1.68. The number of rotatable bonds is 1. The molecule has 1 aliphatic heterocycles. The zero-order valence-electron chi connectivity index (χ0n) is 9.73. The molecule has 1 aromatic heterocycles. The van der Waals surface area contributed by atoms with Gasteiger partial charge in [-0.3, -0.25) is 4.79 Å². The number of carbonyl (C=O) groups is 1. The number of carbonyl (C=O) groups excluding carboxylic acids is 1. The highest BCUT2D eigenvalue weighted by Crippen LogP contribution is 2.29. The largest absolute Gasteiger partial charge is 0.397 e. The van der Waals surface area contributed by atoms with Crippen LogP contribution < -0.4 is 5.73 Å². The SMILES string of the molecule is CC1(C)CCCN1C(=O)c1ccc(N)cn1. The summed E-state index contributed by atoms with van der Waals surface area (Å²) in [6.07, 6.45) is 3.64. The summed E-state index contributed by atoms with van der Waals surface area (Å²) in [4.78, 5) is 18.2. The average Bonchev–Trinajstić information content (AvgIpc) is 2.58. The van der Waals surface area contributed by atoms with E-state index < -0.39 is 0 Å². The van der Waals surface area contributed by atoms with Crippen molar-refractivity contribution in [2.45, 2.75) is 32.2 Å². The molecule has 0 aromatic carbocycles. The number of pyridine rings is 1. The van der Waals surface area contributed by atoms with Crippen LogP contribution in [0.3, 0.4) is 0 Å². The number of hydrogen-bond acceptors (Lipinski definition) is 3. The average molecular weight is 219 g/mol. The van der Waals surface area contributed by atoms with E-state index in [0.29, 0.717) is 11.4 Å². The van der Waals surface area contributed by atoms with Crippen molar-refractivity contribution in [1.29, 1.82) is 0 Å². The Morgan fingerprint density at radius 3 is 2.75 bits per heavy atom. The van der Waals surface area contributed by atoms with Crippen LogP contribution in [0.25, 0.3) is 0 Å². The molecule has 1 saturated heterocycles. The second kappa shape index (κ2) is 3.77.